The zero-order valence-electron chi connectivity index (χ0n) is 14.2. The van der Waals surface area contributed by atoms with Gasteiger partial charge in [-0.3, -0.25) is 4.79 Å². The number of benzene rings is 1. The number of hydrogen-bond acceptors (Lipinski definition) is 5. The van der Waals surface area contributed by atoms with Crippen molar-refractivity contribution in [3.05, 3.63) is 46.5 Å². The number of nitrogens with two attached hydrogens (primary N) is 1. The Labute approximate surface area is 146 Å². The predicted octanol–water partition coefficient (Wildman–Crippen LogP) is 2.43. The molecule has 128 valence electrons. The number of nitrogen functional groups attached to an aromatic ring is 1. The molecule has 1 aromatic carbocycles. The molecule has 0 saturated carbocycles. The van der Waals surface area contributed by atoms with E-state index in [9.17, 15) is 4.79 Å². The fraction of sp³-hybridized carbons (Fsp3) is 0.444. The van der Waals surface area contributed by atoms with Crippen LogP contribution in [-0.4, -0.2) is 42.5 Å². The van der Waals surface area contributed by atoms with E-state index in [1.165, 1.54) is 16.9 Å². The lowest BCUT2D eigenvalue weighted by atomic mass is 9.72. The van der Waals surface area contributed by atoms with Gasteiger partial charge in [-0.2, -0.15) is 0 Å². The maximum absolute atomic E-state index is 12.6. The van der Waals surface area contributed by atoms with Crippen LogP contribution in [0.2, 0.25) is 0 Å². The number of carbonyl (C=O) groups excluding carboxylic acids is 1. The van der Waals surface area contributed by atoms with Crippen molar-refractivity contribution in [2.24, 2.45) is 0 Å². The van der Waals surface area contributed by atoms with Crippen molar-refractivity contribution >= 4 is 22.4 Å². The summed E-state index contributed by atoms with van der Waals surface area (Å²) < 4.78 is 0. The Morgan fingerprint density at radius 2 is 2.00 bits per heavy atom. The first-order valence-corrected chi connectivity index (χ1v) is 9.07. The van der Waals surface area contributed by atoms with Gasteiger partial charge in [-0.05, 0) is 45.5 Å². The van der Waals surface area contributed by atoms with Gasteiger partial charge in [0, 0.05) is 12.0 Å². The van der Waals surface area contributed by atoms with Crippen LogP contribution in [0.5, 0.6) is 0 Å². The van der Waals surface area contributed by atoms with E-state index in [-0.39, 0.29) is 11.3 Å². The van der Waals surface area contributed by atoms with Crippen molar-refractivity contribution in [1.82, 2.24) is 15.2 Å². The highest BCUT2D eigenvalue weighted by molar-refractivity contribution is 7.17. The highest BCUT2D eigenvalue weighted by Crippen LogP contribution is 2.34. The first kappa shape index (κ1) is 16.9. The molecule has 1 aliphatic rings. The largest absolute Gasteiger partial charge is 0.375 e. The molecule has 24 heavy (non-hydrogen) atoms. The zero-order chi connectivity index (χ0) is 17.2. The molecule has 3 N–H and O–H groups in total. The summed E-state index contributed by atoms with van der Waals surface area (Å²) in [7, 11) is 2.15. The summed E-state index contributed by atoms with van der Waals surface area (Å²) in [6.45, 7) is 4.54. The van der Waals surface area contributed by atoms with Gasteiger partial charge in [0.05, 0.1) is 5.69 Å². The van der Waals surface area contributed by atoms with Gasteiger partial charge in [0.25, 0.3) is 5.91 Å². The molecule has 0 bridgehead atoms. The number of likely N-dealkylation sites (tertiary alicyclic amines) is 1. The van der Waals surface area contributed by atoms with Crippen LogP contribution >= 0.6 is 11.3 Å². The maximum atomic E-state index is 12.6. The van der Waals surface area contributed by atoms with Crippen molar-refractivity contribution in [2.45, 2.75) is 25.2 Å². The van der Waals surface area contributed by atoms with Crippen LogP contribution in [0.25, 0.3) is 0 Å². The van der Waals surface area contributed by atoms with Gasteiger partial charge < -0.3 is 16.0 Å². The Morgan fingerprint density at radius 1 is 1.33 bits per heavy atom. The number of nitrogens with zero attached hydrogens (tertiary/aromatic N) is 2. The molecule has 0 unspecified atom stereocenters. The van der Waals surface area contributed by atoms with E-state index in [1.807, 2.05) is 13.0 Å². The van der Waals surface area contributed by atoms with Crippen molar-refractivity contribution in [1.29, 1.82) is 0 Å². The second-order valence-electron chi connectivity index (χ2n) is 6.60. The van der Waals surface area contributed by atoms with E-state index in [1.54, 1.807) is 0 Å². The average Bonchev–Trinajstić information content (AvgIpc) is 2.94. The molecule has 1 saturated heterocycles. The SMILES string of the molecule is Cc1nc(N)sc1C(=O)NCC1(c2ccccc2)CCN(C)CC1. The summed E-state index contributed by atoms with van der Waals surface area (Å²) in [5.41, 5.74) is 7.71. The summed E-state index contributed by atoms with van der Waals surface area (Å²) in [6, 6.07) is 10.5. The van der Waals surface area contributed by atoms with Gasteiger partial charge in [0.2, 0.25) is 0 Å². The number of carbonyl (C=O) groups is 1. The third-order valence-electron chi connectivity index (χ3n) is 4.94. The quantitative estimate of drug-likeness (QED) is 0.894. The molecule has 1 aromatic heterocycles. The number of nitrogens with one attached hydrogen (secondary N) is 1. The van der Waals surface area contributed by atoms with Crippen LogP contribution < -0.4 is 11.1 Å². The number of amides is 1. The first-order chi connectivity index (χ1) is 11.5. The van der Waals surface area contributed by atoms with Gasteiger partial charge in [-0.1, -0.05) is 41.7 Å². The number of hydrogen-bond donors (Lipinski definition) is 2. The minimum absolute atomic E-state index is 0.00638. The number of anilines is 1. The van der Waals surface area contributed by atoms with Crippen LogP contribution in [0.4, 0.5) is 5.13 Å². The number of thiazole rings is 1. The molecule has 0 atom stereocenters. The monoisotopic (exact) mass is 344 g/mol. The molecule has 5 nitrogen and oxygen atoms in total. The minimum Gasteiger partial charge on any atom is -0.375 e. The van der Waals surface area contributed by atoms with E-state index in [0.29, 0.717) is 22.2 Å². The van der Waals surface area contributed by atoms with Crippen molar-refractivity contribution < 1.29 is 4.79 Å². The van der Waals surface area contributed by atoms with E-state index in [0.717, 1.165) is 25.9 Å². The Hall–Kier alpha value is -1.92. The Morgan fingerprint density at radius 3 is 2.58 bits per heavy atom. The van der Waals surface area contributed by atoms with E-state index in [4.69, 9.17) is 5.73 Å². The Balaban J connectivity index is 1.78. The molecule has 1 aliphatic heterocycles. The second kappa shape index (κ2) is 6.91. The molecular weight excluding hydrogens is 320 g/mol. The zero-order valence-corrected chi connectivity index (χ0v) is 15.0. The second-order valence-corrected chi connectivity index (χ2v) is 7.63. The van der Waals surface area contributed by atoms with Crippen LogP contribution in [0, 0.1) is 6.92 Å². The third kappa shape index (κ3) is 3.44. The molecule has 2 aromatic rings. The third-order valence-corrected chi connectivity index (χ3v) is 5.92. The van der Waals surface area contributed by atoms with Crippen LogP contribution in [0.1, 0.15) is 33.8 Å². The molecule has 1 fully saturated rings. The lowest BCUT2D eigenvalue weighted by molar-refractivity contribution is 0.0931. The predicted molar refractivity (Wildman–Crippen MR) is 98.4 cm³/mol. The van der Waals surface area contributed by atoms with Gasteiger partial charge >= 0.3 is 0 Å². The lowest BCUT2D eigenvalue weighted by Gasteiger charge is -2.41. The van der Waals surface area contributed by atoms with Crippen LogP contribution in [-0.2, 0) is 5.41 Å². The van der Waals surface area contributed by atoms with Gasteiger partial charge in [-0.25, -0.2) is 4.98 Å². The number of piperidine rings is 1. The maximum Gasteiger partial charge on any atom is 0.263 e. The molecule has 1 amide bonds. The molecule has 2 heterocycles. The molecular formula is C18H24N4OS. The Kier molecular flexibility index (Phi) is 4.87. The topological polar surface area (TPSA) is 71.2 Å². The number of aromatic nitrogens is 1. The summed E-state index contributed by atoms with van der Waals surface area (Å²) in [6.07, 6.45) is 2.08. The van der Waals surface area contributed by atoms with E-state index < -0.39 is 0 Å². The van der Waals surface area contributed by atoms with Gasteiger partial charge in [0.15, 0.2) is 5.13 Å². The van der Waals surface area contributed by atoms with Crippen LogP contribution in [0.3, 0.4) is 0 Å². The molecule has 3 rings (SSSR count). The molecule has 0 spiro atoms. The normalized spacial score (nSPS) is 17.6. The van der Waals surface area contributed by atoms with Crippen molar-refractivity contribution in [3.63, 3.8) is 0 Å². The molecule has 0 aliphatic carbocycles. The number of aryl methyl sites for hydroxylation is 1. The van der Waals surface area contributed by atoms with Crippen molar-refractivity contribution in [2.75, 3.05) is 32.4 Å². The fourth-order valence-electron chi connectivity index (χ4n) is 3.36. The van der Waals surface area contributed by atoms with E-state index in [2.05, 4.69) is 46.5 Å². The number of rotatable bonds is 4. The van der Waals surface area contributed by atoms with Gasteiger partial charge in [-0.15, -0.1) is 0 Å². The molecule has 0 radical (unpaired) electrons. The summed E-state index contributed by atoms with van der Waals surface area (Å²) >= 11 is 1.25. The first-order valence-electron chi connectivity index (χ1n) is 8.25. The molecule has 6 heteroatoms. The lowest BCUT2D eigenvalue weighted by Crippen LogP contribution is -2.48. The summed E-state index contributed by atoms with van der Waals surface area (Å²) in [5.74, 6) is -0.0732. The van der Waals surface area contributed by atoms with Crippen molar-refractivity contribution in [3.8, 4) is 0 Å². The standard InChI is InChI=1S/C18H24N4OS/c1-13-15(24-17(19)21-13)16(23)20-12-18(8-10-22(2)11-9-18)14-6-4-3-5-7-14/h3-7H,8-12H2,1-2H3,(H2,19,21)(H,20,23). The van der Waals surface area contributed by atoms with E-state index >= 15 is 0 Å². The fourth-order valence-corrected chi connectivity index (χ4v) is 4.11. The summed E-state index contributed by atoms with van der Waals surface area (Å²) in [4.78, 5) is 19.7. The van der Waals surface area contributed by atoms with Crippen LogP contribution in [0.15, 0.2) is 30.3 Å². The highest BCUT2D eigenvalue weighted by Gasteiger charge is 2.35. The summed E-state index contributed by atoms with van der Waals surface area (Å²) in [5, 5.41) is 3.57. The smallest absolute Gasteiger partial charge is 0.263 e. The average molecular weight is 344 g/mol. The van der Waals surface area contributed by atoms with Gasteiger partial charge in [0.1, 0.15) is 4.88 Å². The highest BCUT2D eigenvalue weighted by atomic mass is 32.1. The minimum atomic E-state index is -0.0732. The Bertz CT molecular complexity index is 705.